The molecule has 0 aliphatic rings. The second-order valence-electron chi connectivity index (χ2n) is 7.64. The summed E-state index contributed by atoms with van der Waals surface area (Å²) in [6, 6.07) is 7.80. The summed E-state index contributed by atoms with van der Waals surface area (Å²) < 4.78 is 1.61. The molecule has 156 valence electrons. The molecule has 1 heterocycles. The summed E-state index contributed by atoms with van der Waals surface area (Å²) in [6.45, 7) is 8.52. The fourth-order valence-electron chi connectivity index (χ4n) is 3.73. The molecule has 1 aromatic heterocycles. The highest BCUT2D eigenvalue weighted by atomic mass is 16.3. The molecule has 0 aliphatic heterocycles. The van der Waals surface area contributed by atoms with E-state index in [9.17, 15) is 10.2 Å². The summed E-state index contributed by atoms with van der Waals surface area (Å²) in [5.41, 5.74) is 0. The summed E-state index contributed by atoms with van der Waals surface area (Å²) in [6.07, 6.45) is 6.13. The number of hydrogen-bond donors (Lipinski definition) is 2. The van der Waals surface area contributed by atoms with Crippen molar-refractivity contribution in [1.82, 2.24) is 4.57 Å². The lowest BCUT2D eigenvalue weighted by Crippen LogP contribution is -2.17. The molecule has 5 heteroatoms. The van der Waals surface area contributed by atoms with E-state index in [4.69, 9.17) is 9.98 Å². The van der Waals surface area contributed by atoms with Crippen molar-refractivity contribution in [3.63, 3.8) is 0 Å². The molecule has 2 aromatic carbocycles. The van der Waals surface area contributed by atoms with Gasteiger partial charge in [-0.2, -0.15) is 0 Å². The molecule has 2 N–H and O–H groups in total. The summed E-state index contributed by atoms with van der Waals surface area (Å²) in [7, 11) is 0. The molecule has 0 spiro atoms. The molecule has 0 unspecified atom stereocenters. The lowest BCUT2D eigenvalue weighted by molar-refractivity contribution is 0.361. The van der Waals surface area contributed by atoms with Crippen LogP contribution in [0.2, 0.25) is 0 Å². The summed E-state index contributed by atoms with van der Waals surface area (Å²) in [5.74, 6) is 0.221. The van der Waals surface area contributed by atoms with Gasteiger partial charge in [-0.15, -0.1) is 0 Å². The SMILES string of the molecule is CCCCN=c1ccc2c(O)n(CCCC)c(O)c3ccc(=NCCCC)c1c23. The summed E-state index contributed by atoms with van der Waals surface area (Å²) in [4.78, 5) is 9.63. The molecule has 29 heavy (non-hydrogen) atoms. The van der Waals surface area contributed by atoms with Gasteiger partial charge in [0.15, 0.2) is 0 Å². The Balaban J connectivity index is 2.37. The first-order chi connectivity index (χ1) is 14.1. The fourth-order valence-corrected chi connectivity index (χ4v) is 3.73. The van der Waals surface area contributed by atoms with Crippen LogP contribution in [0.15, 0.2) is 34.3 Å². The van der Waals surface area contributed by atoms with E-state index >= 15 is 0 Å². The third-order valence-corrected chi connectivity index (χ3v) is 5.43. The van der Waals surface area contributed by atoms with Gasteiger partial charge in [0.1, 0.15) is 0 Å². The Bertz CT molecular complexity index is 1020. The third kappa shape index (κ3) is 4.24. The Hall–Kier alpha value is -2.56. The van der Waals surface area contributed by atoms with E-state index in [0.29, 0.717) is 6.54 Å². The number of rotatable bonds is 9. The standard InChI is InChI=1S/C24H33N3O2/c1-4-7-14-25-19-12-10-17-21-18(24(29)27(23(17)28)16-9-6-3)11-13-20(22(19)21)26-15-8-5-2/h10-13,28-29H,4-9,14-16H2,1-3H3. The van der Waals surface area contributed by atoms with Gasteiger partial charge >= 0.3 is 0 Å². The van der Waals surface area contributed by atoms with Crippen LogP contribution in [0.1, 0.15) is 59.3 Å². The molecule has 3 rings (SSSR count). The van der Waals surface area contributed by atoms with Crippen molar-refractivity contribution in [2.75, 3.05) is 13.1 Å². The molecular formula is C24H33N3O2. The van der Waals surface area contributed by atoms with E-state index in [1.165, 1.54) is 0 Å². The van der Waals surface area contributed by atoms with Crippen LogP contribution in [-0.2, 0) is 6.54 Å². The maximum atomic E-state index is 10.9. The van der Waals surface area contributed by atoms with E-state index < -0.39 is 0 Å². The van der Waals surface area contributed by atoms with Gasteiger partial charge in [0.2, 0.25) is 11.8 Å². The number of aromatic hydroxyl groups is 2. The van der Waals surface area contributed by atoms with Gasteiger partial charge in [-0.1, -0.05) is 40.0 Å². The van der Waals surface area contributed by atoms with E-state index in [0.717, 1.165) is 83.9 Å². The van der Waals surface area contributed by atoms with Crippen molar-refractivity contribution >= 4 is 21.5 Å². The minimum Gasteiger partial charge on any atom is -0.494 e. The van der Waals surface area contributed by atoms with Gasteiger partial charge in [-0.3, -0.25) is 14.6 Å². The van der Waals surface area contributed by atoms with Crippen LogP contribution < -0.4 is 10.7 Å². The predicted molar refractivity (Wildman–Crippen MR) is 120 cm³/mol. The first-order valence-electron chi connectivity index (χ1n) is 11.0. The van der Waals surface area contributed by atoms with Gasteiger partial charge in [0.05, 0.1) is 10.7 Å². The van der Waals surface area contributed by atoms with Crippen LogP contribution in [0.5, 0.6) is 11.8 Å². The number of aromatic nitrogens is 1. The molecule has 0 atom stereocenters. The molecule has 0 saturated carbocycles. The summed E-state index contributed by atoms with van der Waals surface area (Å²) >= 11 is 0. The zero-order valence-electron chi connectivity index (χ0n) is 17.9. The smallest absolute Gasteiger partial charge is 0.201 e. The van der Waals surface area contributed by atoms with E-state index in [2.05, 4.69) is 20.8 Å². The van der Waals surface area contributed by atoms with Gasteiger partial charge in [-0.05, 0) is 43.5 Å². The van der Waals surface area contributed by atoms with Crippen molar-refractivity contribution in [1.29, 1.82) is 0 Å². The van der Waals surface area contributed by atoms with Crippen LogP contribution in [0.25, 0.3) is 21.5 Å². The van der Waals surface area contributed by atoms with E-state index in [-0.39, 0.29) is 11.8 Å². The second-order valence-corrected chi connectivity index (χ2v) is 7.64. The Morgan fingerprint density at radius 2 is 1.17 bits per heavy atom. The number of hydrogen-bond acceptors (Lipinski definition) is 4. The van der Waals surface area contributed by atoms with E-state index in [1.807, 2.05) is 24.3 Å². The van der Waals surface area contributed by atoms with Gasteiger partial charge in [0.25, 0.3) is 0 Å². The fraction of sp³-hybridized carbons (Fsp3) is 0.500. The zero-order valence-corrected chi connectivity index (χ0v) is 17.9. The molecular weight excluding hydrogens is 362 g/mol. The molecule has 0 radical (unpaired) electrons. The number of pyridine rings is 1. The molecule has 3 aromatic rings. The topological polar surface area (TPSA) is 70.1 Å². The maximum absolute atomic E-state index is 10.9. The Kier molecular flexibility index (Phi) is 7.13. The lowest BCUT2D eigenvalue weighted by atomic mass is 10.0. The van der Waals surface area contributed by atoms with Gasteiger partial charge in [-0.25, -0.2) is 0 Å². The Morgan fingerprint density at radius 1 is 0.690 bits per heavy atom. The highest BCUT2D eigenvalue weighted by Gasteiger charge is 2.17. The predicted octanol–water partition coefficient (Wildman–Crippen LogP) is 4.85. The van der Waals surface area contributed by atoms with Crippen molar-refractivity contribution in [3.05, 3.63) is 35.0 Å². The largest absolute Gasteiger partial charge is 0.494 e. The van der Waals surface area contributed by atoms with Crippen LogP contribution >= 0.6 is 0 Å². The highest BCUT2D eigenvalue weighted by Crippen LogP contribution is 2.37. The maximum Gasteiger partial charge on any atom is 0.201 e. The van der Waals surface area contributed by atoms with E-state index in [1.54, 1.807) is 4.57 Å². The normalized spacial score (nSPS) is 13.2. The number of unbranched alkanes of at least 4 members (excludes halogenated alkanes) is 3. The highest BCUT2D eigenvalue weighted by molar-refractivity contribution is 6.13. The van der Waals surface area contributed by atoms with Crippen LogP contribution in [-0.4, -0.2) is 27.9 Å². The van der Waals surface area contributed by atoms with Crippen molar-refractivity contribution < 1.29 is 10.2 Å². The quantitative estimate of drug-likeness (QED) is 0.509. The van der Waals surface area contributed by atoms with Crippen LogP contribution in [0, 0.1) is 0 Å². The molecule has 0 aliphatic carbocycles. The van der Waals surface area contributed by atoms with Crippen LogP contribution in [0.4, 0.5) is 0 Å². The first kappa shape index (κ1) is 21.2. The Morgan fingerprint density at radius 3 is 1.62 bits per heavy atom. The summed E-state index contributed by atoms with van der Waals surface area (Å²) in [5, 5.41) is 26.9. The lowest BCUT2D eigenvalue weighted by Gasteiger charge is -2.17. The average Bonchev–Trinajstić information content (AvgIpc) is 2.73. The van der Waals surface area contributed by atoms with Gasteiger partial charge in [0, 0.05) is 41.2 Å². The average molecular weight is 396 g/mol. The van der Waals surface area contributed by atoms with Crippen molar-refractivity contribution in [3.8, 4) is 11.8 Å². The monoisotopic (exact) mass is 395 g/mol. The minimum absolute atomic E-state index is 0.110. The van der Waals surface area contributed by atoms with Crippen molar-refractivity contribution in [2.24, 2.45) is 9.98 Å². The zero-order chi connectivity index (χ0) is 20.8. The van der Waals surface area contributed by atoms with Crippen LogP contribution in [0.3, 0.4) is 0 Å². The third-order valence-electron chi connectivity index (χ3n) is 5.43. The van der Waals surface area contributed by atoms with Crippen molar-refractivity contribution in [2.45, 2.75) is 65.8 Å². The molecule has 0 bridgehead atoms. The number of benzene rings is 2. The number of nitrogens with zero attached hydrogens (tertiary/aromatic N) is 3. The Labute approximate surface area is 172 Å². The molecule has 5 nitrogen and oxygen atoms in total. The molecule has 0 saturated heterocycles. The second kappa shape index (κ2) is 9.77. The molecule has 0 amide bonds. The van der Waals surface area contributed by atoms with Gasteiger partial charge < -0.3 is 10.2 Å². The minimum atomic E-state index is 0.110. The first-order valence-corrected chi connectivity index (χ1v) is 11.0. The molecule has 0 fully saturated rings.